The van der Waals surface area contributed by atoms with Crippen LogP contribution in [-0.2, 0) is 11.3 Å². The molecule has 2 N–H and O–H groups in total. The Labute approximate surface area is 126 Å². The van der Waals surface area contributed by atoms with Gasteiger partial charge in [0.1, 0.15) is 6.04 Å². The lowest BCUT2D eigenvalue weighted by molar-refractivity contribution is -0.141. The van der Waals surface area contributed by atoms with E-state index in [4.69, 9.17) is 5.11 Å². The van der Waals surface area contributed by atoms with E-state index < -0.39 is 12.0 Å². The second kappa shape index (κ2) is 7.67. The first kappa shape index (κ1) is 17.0. The smallest absolute Gasteiger partial charge is 0.326 e. The van der Waals surface area contributed by atoms with E-state index in [1.165, 1.54) is 17.5 Å². The lowest BCUT2D eigenvalue weighted by atomic mass is 10.0. The van der Waals surface area contributed by atoms with Gasteiger partial charge in [0.2, 0.25) is 0 Å². The molecule has 116 valence electrons. The Hall–Kier alpha value is -2.04. The lowest BCUT2D eigenvalue weighted by Gasteiger charge is -2.24. The number of rotatable bonds is 6. The average molecular weight is 292 g/mol. The molecule has 0 bridgehead atoms. The summed E-state index contributed by atoms with van der Waals surface area (Å²) >= 11 is 0. The fraction of sp³-hybridized carbons (Fsp3) is 0.500. The van der Waals surface area contributed by atoms with Crippen LogP contribution in [0.4, 0.5) is 4.79 Å². The molecule has 0 spiro atoms. The first-order valence-corrected chi connectivity index (χ1v) is 7.19. The summed E-state index contributed by atoms with van der Waals surface area (Å²) in [6, 6.07) is 6.86. The van der Waals surface area contributed by atoms with E-state index in [0.29, 0.717) is 18.9 Å². The number of urea groups is 1. The third kappa shape index (κ3) is 4.77. The monoisotopic (exact) mass is 292 g/mol. The van der Waals surface area contributed by atoms with Crippen molar-refractivity contribution in [2.24, 2.45) is 0 Å². The maximum Gasteiger partial charge on any atom is 0.326 e. The Morgan fingerprint density at radius 1 is 1.24 bits per heavy atom. The molecule has 1 aromatic rings. The number of amides is 2. The van der Waals surface area contributed by atoms with Crippen LogP contribution in [0.1, 0.15) is 44.2 Å². The molecule has 0 saturated carbocycles. The molecule has 1 unspecified atom stereocenters. The standard InChI is InChI=1S/C16H24N2O3/c1-5-14(15(19)20)18(4)16(21)17-10-12-6-8-13(9-7-12)11(2)3/h6-9,11,14H,5,10H2,1-4H3,(H,17,21)(H,19,20). The van der Waals surface area contributed by atoms with Crippen LogP contribution in [0, 0.1) is 0 Å². The van der Waals surface area contributed by atoms with Crippen molar-refractivity contribution in [1.29, 1.82) is 0 Å². The molecule has 0 fully saturated rings. The summed E-state index contributed by atoms with van der Waals surface area (Å²) in [4.78, 5) is 24.2. The van der Waals surface area contributed by atoms with Gasteiger partial charge in [-0.3, -0.25) is 0 Å². The van der Waals surface area contributed by atoms with E-state index in [1.807, 2.05) is 24.3 Å². The number of nitrogens with zero attached hydrogens (tertiary/aromatic N) is 1. The van der Waals surface area contributed by atoms with Crippen LogP contribution in [0.3, 0.4) is 0 Å². The van der Waals surface area contributed by atoms with Gasteiger partial charge in [0.25, 0.3) is 0 Å². The van der Waals surface area contributed by atoms with Gasteiger partial charge in [-0.2, -0.15) is 0 Å². The second-order valence-electron chi connectivity index (χ2n) is 5.43. The number of likely N-dealkylation sites (N-methyl/N-ethyl adjacent to an activating group) is 1. The minimum Gasteiger partial charge on any atom is -0.480 e. The molecule has 0 aliphatic rings. The van der Waals surface area contributed by atoms with Crippen molar-refractivity contribution in [2.75, 3.05) is 7.05 Å². The molecule has 2 amide bonds. The zero-order valence-corrected chi connectivity index (χ0v) is 13.1. The van der Waals surface area contributed by atoms with E-state index in [9.17, 15) is 9.59 Å². The molecule has 1 rings (SSSR count). The third-order valence-electron chi connectivity index (χ3n) is 3.55. The zero-order chi connectivity index (χ0) is 16.0. The van der Waals surface area contributed by atoms with Crippen LogP contribution in [-0.4, -0.2) is 35.1 Å². The normalized spacial score (nSPS) is 12.0. The van der Waals surface area contributed by atoms with E-state index in [2.05, 4.69) is 19.2 Å². The van der Waals surface area contributed by atoms with Crippen molar-refractivity contribution in [1.82, 2.24) is 10.2 Å². The molecule has 0 aromatic heterocycles. The number of benzene rings is 1. The largest absolute Gasteiger partial charge is 0.480 e. The first-order chi connectivity index (χ1) is 9.86. The molecule has 0 radical (unpaired) electrons. The third-order valence-corrected chi connectivity index (χ3v) is 3.55. The highest BCUT2D eigenvalue weighted by atomic mass is 16.4. The van der Waals surface area contributed by atoms with Gasteiger partial charge in [-0.1, -0.05) is 45.0 Å². The number of hydrogen-bond acceptors (Lipinski definition) is 2. The van der Waals surface area contributed by atoms with Crippen molar-refractivity contribution < 1.29 is 14.7 Å². The van der Waals surface area contributed by atoms with E-state index in [-0.39, 0.29) is 6.03 Å². The van der Waals surface area contributed by atoms with Gasteiger partial charge >= 0.3 is 12.0 Å². The van der Waals surface area contributed by atoms with E-state index >= 15 is 0 Å². The minimum absolute atomic E-state index is 0.377. The summed E-state index contributed by atoms with van der Waals surface area (Å²) in [6.45, 7) is 6.38. The first-order valence-electron chi connectivity index (χ1n) is 7.19. The summed E-state index contributed by atoms with van der Waals surface area (Å²) < 4.78 is 0. The molecular formula is C16H24N2O3. The molecule has 1 atom stereocenters. The van der Waals surface area contributed by atoms with Gasteiger partial charge in [-0.05, 0) is 23.5 Å². The Kier molecular flexibility index (Phi) is 6.21. The van der Waals surface area contributed by atoms with Crippen LogP contribution in [0.15, 0.2) is 24.3 Å². The number of carbonyl (C=O) groups is 2. The SMILES string of the molecule is CCC(C(=O)O)N(C)C(=O)NCc1ccc(C(C)C)cc1. The van der Waals surface area contributed by atoms with Gasteiger partial charge in [-0.25, -0.2) is 9.59 Å². The Bertz CT molecular complexity index is 483. The molecule has 5 nitrogen and oxygen atoms in total. The molecule has 0 aliphatic heterocycles. The van der Waals surface area contributed by atoms with Crippen LogP contribution >= 0.6 is 0 Å². The van der Waals surface area contributed by atoms with Gasteiger partial charge in [-0.15, -0.1) is 0 Å². The van der Waals surface area contributed by atoms with Gasteiger partial charge in [0.15, 0.2) is 0 Å². The molecule has 21 heavy (non-hydrogen) atoms. The average Bonchev–Trinajstić information content (AvgIpc) is 2.45. The second-order valence-corrected chi connectivity index (χ2v) is 5.43. The fourth-order valence-corrected chi connectivity index (χ4v) is 2.08. The van der Waals surface area contributed by atoms with Gasteiger partial charge < -0.3 is 15.3 Å². The van der Waals surface area contributed by atoms with Crippen LogP contribution < -0.4 is 5.32 Å². The Morgan fingerprint density at radius 3 is 2.24 bits per heavy atom. The summed E-state index contributed by atoms with van der Waals surface area (Å²) in [5.41, 5.74) is 2.24. The molecule has 1 aromatic carbocycles. The van der Waals surface area contributed by atoms with Crippen molar-refractivity contribution in [3.8, 4) is 0 Å². The van der Waals surface area contributed by atoms with Crippen LogP contribution in [0.25, 0.3) is 0 Å². The summed E-state index contributed by atoms with van der Waals surface area (Å²) in [5.74, 6) is -0.517. The molecular weight excluding hydrogens is 268 g/mol. The minimum atomic E-state index is -0.989. The highest BCUT2D eigenvalue weighted by Crippen LogP contribution is 2.14. The summed E-state index contributed by atoms with van der Waals surface area (Å²) in [5, 5.41) is 11.8. The van der Waals surface area contributed by atoms with Crippen molar-refractivity contribution in [2.45, 2.75) is 45.7 Å². The number of aliphatic carboxylic acids is 1. The lowest BCUT2D eigenvalue weighted by Crippen LogP contribution is -2.46. The quantitative estimate of drug-likeness (QED) is 0.847. The number of nitrogens with one attached hydrogen (secondary N) is 1. The number of carbonyl (C=O) groups excluding carboxylic acids is 1. The highest BCUT2D eigenvalue weighted by Gasteiger charge is 2.24. The van der Waals surface area contributed by atoms with E-state index in [1.54, 1.807) is 6.92 Å². The van der Waals surface area contributed by atoms with Crippen molar-refractivity contribution in [3.05, 3.63) is 35.4 Å². The summed E-state index contributed by atoms with van der Waals surface area (Å²) in [7, 11) is 1.50. The zero-order valence-electron chi connectivity index (χ0n) is 13.1. The maximum absolute atomic E-state index is 11.9. The Balaban J connectivity index is 2.58. The van der Waals surface area contributed by atoms with E-state index in [0.717, 1.165) is 5.56 Å². The fourth-order valence-electron chi connectivity index (χ4n) is 2.08. The molecule has 0 aliphatic carbocycles. The predicted molar refractivity (Wildman–Crippen MR) is 82.2 cm³/mol. The Morgan fingerprint density at radius 2 is 1.81 bits per heavy atom. The topological polar surface area (TPSA) is 69.6 Å². The summed E-state index contributed by atoms with van der Waals surface area (Å²) in [6.07, 6.45) is 0.377. The van der Waals surface area contributed by atoms with Crippen molar-refractivity contribution >= 4 is 12.0 Å². The van der Waals surface area contributed by atoms with Crippen LogP contribution in [0.2, 0.25) is 0 Å². The maximum atomic E-state index is 11.9. The molecule has 0 heterocycles. The number of hydrogen-bond donors (Lipinski definition) is 2. The number of carboxylic acids is 1. The van der Waals surface area contributed by atoms with Gasteiger partial charge in [0.05, 0.1) is 0 Å². The van der Waals surface area contributed by atoms with Gasteiger partial charge in [0, 0.05) is 13.6 Å². The van der Waals surface area contributed by atoms with Crippen molar-refractivity contribution in [3.63, 3.8) is 0 Å². The van der Waals surface area contributed by atoms with Crippen LogP contribution in [0.5, 0.6) is 0 Å². The highest BCUT2D eigenvalue weighted by molar-refractivity contribution is 5.82. The predicted octanol–water partition coefficient (Wildman–Crippen LogP) is 2.81. The molecule has 0 saturated heterocycles. The number of carboxylic acid groups (broad SMARTS) is 1. The molecule has 5 heteroatoms.